The van der Waals surface area contributed by atoms with Crippen LogP contribution in [0.3, 0.4) is 0 Å². The number of aromatic hydroxyl groups is 1. The van der Waals surface area contributed by atoms with Gasteiger partial charge in [0.15, 0.2) is 5.82 Å². The smallest absolute Gasteiger partial charge is 0.225 e. The molecular weight excluding hydrogens is 369 g/mol. The van der Waals surface area contributed by atoms with E-state index in [1.54, 1.807) is 36.4 Å². The fourth-order valence-electron chi connectivity index (χ4n) is 3.57. The number of phenolic OH excluding ortho intramolecular Hbond substituents is 1. The van der Waals surface area contributed by atoms with Gasteiger partial charge in [-0.2, -0.15) is 0 Å². The Labute approximate surface area is 168 Å². The van der Waals surface area contributed by atoms with Crippen LogP contribution in [0.2, 0.25) is 0 Å². The lowest BCUT2D eigenvalue weighted by Gasteiger charge is -2.21. The predicted molar refractivity (Wildman–Crippen MR) is 110 cm³/mol. The summed E-state index contributed by atoms with van der Waals surface area (Å²) in [4.78, 5) is 22.0. The van der Waals surface area contributed by atoms with E-state index in [1.165, 1.54) is 6.07 Å². The van der Waals surface area contributed by atoms with Crippen molar-refractivity contribution in [2.24, 2.45) is 5.92 Å². The number of anilines is 1. The van der Waals surface area contributed by atoms with Crippen molar-refractivity contribution in [1.82, 2.24) is 9.97 Å². The van der Waals surface area contributed by atoms with Crippen molar-refractivity contribution in [2.45, 2.75) is 33.1 Å². The lowest BCUT2D eigenvalue weighted by molar-refractivity contribution is -0.116. The Kier molecular flexibility index (Phi) is 5.01. The molecule has 3 aromatic rings. The monoisotopic (exact) mass is 391 g/mol. The Morgan fingerprint density at radius 1 is 1.10 bits per heavy atom. The fraction of sp³-hybridized carbons (Fsp3) is 0.261. The number of hydrogen-bond acceptors (Lipinski definition) is 4. The molecule has 0 bridgehead atoms. The van der Waals surface area contributed by atoms with Crippen LogP contribution in [-0.4, -0.2) is 21.0 Å². The standard InChI is InChI=1S/C23H22FN3O2/c1-13(2)11-20(29)26-23-21(14-3-7-17(28)8-4-14)27-22-18-9-6-16(24)12-15(18)5-10-19(22)25-23/h3-4,6-9,12-13,28H,5,10-11H2,1-2H3,(H,25,26,29). The molecule has 1 amide bonds. The molecule has 148 valence electrons. The average molecular weight is 391 g/mol. The summed E-state index contributed by atoms with van der Waals surface area (Å²) in [5.41, 5.74) is 4.51. The second-order valence-corrected chi connectivity index (χ2v) is 7.71. The van der Waals surface area contributed by atoms with Gasteiger partial charge in [0.05, 0.1) is 11.4 Å². The quantitative estimate of drug-likeness (QED) is 0.674. The van der Waals surface area contributed by atoms with Crippen molar-refractivity contribution >= 4 is 11.7 Å². The highest BCUT2D eigenvalue weighted by molar-refractivity contribution is 5.94. The lowest BCUT2D eigenvalue weighted by Crippen LogP contribution is -2.18. The number of amides is 1. The summed E-state index contributed by atoms with van der Waals surface area (Å²) in [5.74, 6) is 0.389. The van der Waals surface area contributed by atoms with Gasteiger partial charge in [0, 0.05) is 17.5 Å². The van der Waals surface area contributed by atoms with Crippen molar-refractivity contribution in [2.75, 3.05) is 5.32 Å². The number of carbonyl (C=O) groups excluding carboxylic acids is 1. The maximum atomic E-state index is 13.7. The fourth-order valence-corrected chi connectivity index (χ4v) is 3.57. The zero-order chi connectivity index (χ0) is 20.5. The first-order chi connectivity index (χ1) is 13.9. The van der Waals surface area contributed by atoms with Gasteiger partial charge in [0.2, 0.25) is 5.91 Å². The van der Waals surface area contributed by atoms with Gasteiger partial charge in [-0.1, -0.05) is 13.8 Å². The molecule has 0 atom stereocenters. The van der Waals surface area contributed by atoms with Crippen LogP contribution in [0.5, 0.6) is 5.75 Å². The zero-order valence-electron chi connectivity index (χ0n) is 16.4. The Balaban J connectivity index is 1.84. The van der Waals surface area contributed by atoms with Crippen molar-refractivity contribution in [1.29, 1.82) is 0 Å². The van der Waals surface area contributed by atoms with Gasteiger partial charge in [0.1, 0.15) is 17.3 Å². The third-order valence-corrected chi connectivity index (χ3v) is 4.91. The number of fused-ring (bicyclic) bond motifs is 3. The summed E-state index contributed by atoms with van der Waals surface area (Å²) >= 11 is 0. The van der Waals surface area contributed by atoms with Crippen LogP contribution in [0.15, 0.2) is 42.5 Å². The summed E-state index contributed by atoms with van der Waals surface area (Å²) in [6, 6.07) is 11.3. The third-order valence-electron chi connectivity index (χ3n) is 4.91. The van der Waals surface area contributed by atoms with E-state index < -0.39 is 0 Å². The van der Waals surface area contributed by atoms with E-state index in [0.29, 0.717) is 36.5 Å². The van der Waals surface area contributed by atoms with Crippen molar-refractivity contribution in [3.63, 3.8) is 0 Å². The summed E-state index contributed by atoms with van der Waals surface area (Å²) in [7, 11) is 0. The molecule has 4 rings (SSSR count). The average Bonchev–Trinajstić information content (AvgIpc) is 2.67. The van der Waals surface area contributed by atoms with E-state index in [0.717, 1.165) is 22.4 Å². The second kappa shape index (κ2) is 7.62. The first-order valence-electron chi connectivity index (χ1n) is 9.69. The van der Waals surface area contributed by atoms with E-state index >= 15 is 0 Å². The molecule has 29 heavy (non-hydrogen) atoms. The Bertz CT molecular complexity index is 1080. The summed E-state index contributed by atoms with van der Waals surface area (Å²) in [6.07, 6.45) is 1.68. The molecule has 0 aliphatic heterocycles. The van der Waals surface area contributed by atoms with Crippen LogP contribution < -0.4 is 5.32 Å². The topological polar surface area (TPSA) is 75.1 Å². The number of hydrogen-bond donors (Lipinski definition) is 2. The number of nitrogens with zero attached hydrogens (tertiary/aromatic N) is 2. The number of phenols is 1. The third kappa shape index (κ3) is 3.97. The van der Waals surface area contributed by atoms with Crippen LogP contribution in [0.1, 0.15) is 31.5 Å². The summed E-state index contributed by atoms with van der Waals surface area (Å²) in [6.45, 7) is 3.96. The van der Waals surface area contributed by atoms with Gasteiger partial charge in [-0.05, 0) is 66.8 Å². The number of carbonyl (C=O) groups is 1. The van der Waals surface area contributed by atoms with Gasteiger partial charge in [-0.3, -0.25) is 4.79 Å². The maximum absolute atomic E-state index is 13.7. The number of benzene rings is 2. The molecule has 2 N–H and O–H groups in total. The first kappa shape index (κ1) is 19.1. The van der Waals surface area contributed by atoms with Crippen LogP contribution in [0.25, 0.3) is 22.5 Å². The molecule has 1 aliphatic rings. The molecule has 1 aliphatic carbocycles. The first-order valence-corrected chi connectivity index (χ1v) is 9.69. The molecule has 1 heterocycles. The highest BCUT2D eigenvalue weighted by Gasteiger charge is 2.23. The Morgan fingerprint density at radius 2 is 1.86 bits per heavy atom. The highest BCUT2D eigenvalue weighted by Crippen LogP contribution is 2.36. The van der Waals surface area contributed by atoms with E-state index in [1.807, 2.05) is 13.8 Å². The van der Waals surface area contributed by atoms with Crippen molar-refractivity contribution in [3.05, 3.63) is 59.5 Å². The van der Waals surface area contributed by atoms with Crippen LogP contribution in [-0.2, 0) is 17.6 Å². The molecule has 1 aromatic heterocycles. The van der Waals surface area contributed by atoms with Crippen molar-refractivity contribution < 1.29 is 14.3 Å². The summed E-state index contributed by atoms with van der Waals surface area (Å²) in [5, 5.41) is 12.5. The van der Waals surface area contributed by atoms with Crippen molar-refractivity contribution in [3.8, 4) is 28.3 Å². The maximum Gasteiger partial charge on any atom is 0.225 e. The van der Waals surface area contributed by atoms with Gasteiger partial charge in [-0.25, -0.2) is 14.4 Å². The van der Waals surface area contributed by atoms with Gasteiger partial charge >= 0.3 is 0 Å². The van der Waals surface area contributed by atoms with Gasteiger partial charge in [-0.15, -0.1) is 0 Å². The molecule has 0 saturated heterocycles. The molecule has 6 heteroatoms. The number of aromatic nitrogens is 2. The highest BCUT2D eigenvalue weighted by atomic mass is 19.1. The molecule has 0 radical (unpaired) electrons. The normalized spacial score (nSPS) is 12.4. The Morgan fingerprint density at radius 3 is 2.59 bits per heavy atom. The van der Waals surface area contributed by atoms with E-state index in [4.69, 9.17) is 9.97 Å². The van der Waals surface area contributed by atoms with E-state index in [-0.39, 0.29) is 23.4 Å². The van der Waals surface area contributed by atoms with E-state index in [9.17, 15) is 14.3 Å². The second-order valence-electron chi connectivity index (χ2n) is 7.71. The van der Waals surface area contributed by atoms with E-state index in [2.05, 4.69) is 5.32 Å². The Hall–Kier alpha value is -3.28. The number of aryl methyl sites for hydroxylation is 2. The minimum atomic E-state index is -0.267. The van der Waals surface area contributed by atoms with Crippen LogP contribution in [0.4, 0.5) is 10.2 Å². The SMILES string of the molecule is CC(C)CC(=O)Nc1nc2c(nc1-c1ccc(O)cc1)-c1ccc(F)cc1CC2. The lowest BCUT2D eigenvalue weighted by atomic mass is 9.91. The molecule has 0 spiro atoms. The number of rotatable bonds is 4. The molecular formula is C23H22FN3O2. The minimum absolute atomic E-state index is 0.118. The molecule has 2 aromatic carbocycles. The predicted octanol–water partition coefficient (Wildman–Crippen LogP) is 4.74. The molecule has 0 saturated carbocycles. The van der Waals surface area contributed by atoms with Crippen LogP contribution in [0, 0.1) is 11.7 Å². The minimum Gasteiger partial charge on any atom is -0.508 e. The summed E-state index contributed by atoms with van der Waals surface area (Å²) < 4.78 is 13.7. The van der Waals surface area contributed by atoms with Gasteiger partial charge in [0.25, 0.3) is 0 Å². The molecule has 0 unspecified atom stereocenters. The number of nitrogens with one attached hydrogen (secondary N) is 1. The molecule has 5 nitrogen and oxygen atoms in total. The van der Waals surface area contributed by atoms with Gasteiger partial charge < -0.3 is 10.4 Å². The number of halogens is 1. The van der Waals surface area contributed by atoms with Crippen LogP contribution >= 0.6 is 0 Å². The largest absolute Gasteiger partial charge is 0.508 e. The zero-order valence-corrected chi connectivity index (χ0v) is 16.4. The molecule has 0 fully saturated rings.